The normalized spacial score (nSPS) is 14.7. The Morgan fingerprint density at radius 3 is 2.81 bits per heavy atom. The monoisotopic (exact) mass is 399 g/mol. The van der Waals surface area contributed by atoms with Crippen molar-refractivity contribution >= 4 is 45.2 Å². The van der Waals surface area contributed by atoms with E-state index in [0.29, 0.717) is 5.56 Å². The Bertz CT molecular complexity index is 957. The van der Waals surface area contributed by atoms with Gasteiger partial charge in [0, 0.05) is 17.0 Å². The number of carbonyl (C=O) groups is 2. The summed E-state index contributed by atoms with van der Waals surface area (Å²) in [6, 6.07) is 11.2. The van der Waals surface area contributed by atoms with E-state index in [9.17, 15) is 9.59 Å². The fourth-order valence-electron chi connectivity index (χ4n) is 2.58. The Kier molecular flexibility index (Phi) is 5.35. The lowest BCUT2D eigenvalue weighted by Crippen LogP contribution is -2.33. The van der Waals surface area contributed by atoms with E-state index in [4.69, 9.17) is 4.74 Å². The lowest BCUT2D eigenvalue weighted by Gasteiger charge is -2.18. The first-order valence-corrected chi connectivity index (χ1v) is 10.4. The van der Waals surface area contributed by atoms with Crippen LogP contribution in [0.4, 0.5) is 0 Å². The van der Waals surface area contributed by atoms with Gasteiger partial charge in [0.2, 0.25) is 6.10 Å². The molecule has 1 fully saturated rings. The predicted octanol–water partition coefficient (Wildman–Crippen LogP) is 3.35. The van der Waals surface area contributed by atoms with Gasteiger partial charge in [-0.1, -0.05) is 42.1 Å². The zero-order valence-corrected chi connectivity index (χ0v) is 16.0. The van der Waals surface area contributed by atoms with Crippen LogP contribution in [0.25, 0.3) is 10.2 Å². The first-order chi connectivity index (χ1) is 13.2. The second-order valence-corrected chi connectivity index (χ2v) is 8.03. The number of benzene rings is 1. The molecular formula is C19H17N3O3S2. The van der Waals surface area contributed by atoms with Crippen LogP contribution in [0.2, 0.25) is 0 Å². The van der Waals surface area contributed by atoms with Crippen LogP contribution in [0.3, 0.4) is 0 Å². The molecule has 27 heavy (non-hydrogen) atoms. The molecule has 0 unspecified atom stereocenters. The van der Waals surface area contributed by atoms with E-state index >= 15 is 0 Å². The zero-order valence-electron chi connectivity index (χ0n) is 14.3. The number of nitrogens with zero attached hydrogens (tertiary/aromatic N) is 2. The van der Waals surface area contributed by atoms with Crippen molar-refractivity contribution in [2.45, 2.75) is 30.0 Å². The molecule has 1 amide bonds. The van der Waals surface area contributed by atoms with Gasteiger partial charge in [-0.15, -0.1) is 11.3 Å². The van der Waals surface area contributed by atoms with E-state index in [1.54, 1.807) is 12.1 Å². The standard InChI is InChI=1S/C19H17N3O3S2/c23-15(10-27-19-14-8-9-26-18(14)20-11-21-19)25-16(12-4-2-1-3-5-12)17(24)22-13-6-7-13/h1-5,8-9,11,13,16H,6-7,10H2,(H,22,24)/t16-/m1/s1. The summed E-state index contributed by atoms with van der Waals surface area (Å²) in [7, 11) is 0. The summed E-state index contributed by atoms with van der Waals surface area (Å²) >= 11 is 2.81. The molecule has 0 radical (unpaired) electrons. The summed E-state index contributed by atoms with van der Waals surface area (Å²) in [6.07, 6.45) is 2.50. The Morgan fingerprint density at radius 1 is 1.22 bits per heavy atom. The molecule has 0 saturated heterocycles. The summed E-state index contributed by atoms with van der Waals surface area (Å²) in [5, 5.41) is 6.51. The molecule has 0 bridgehead atoms. The molecule has 0 spiro atoms. The quantitative estimate of drug-likeness (QED) is 0.373. The van der Waals surface area contributed by atoms with Crippen LogP contribution in [-0.4, -0.2) is 33.6 Å². The summed E-state index contributed by atoms with van der Waals surface area (Å²) in [4.78, 5) is 34.3. The maximum Gasteiger partial charge on any atom is 0.317 e. The van der Waals surface area contributed by atoms with Gasteiger partial charge >= 0.3 is 5.97 Å². The number of esters is 1. The van der Waals surface area contributed by atoms with Crippen molar-refractivity contribution in [3.05, 3.63) is 53.7 Å². The first-order valence-electron chi connectivity index (χ1n) is 8.56. The van der Waals surface area contributed by atoms with E-state index in [0.717, 1.165) is 28.1 Å². The molecular weight excluding hydrogens is 382 g/mol. The largest absolute Gasteiger partial charge is 0.447 e. The highest BCUT2D eigenvalue weighted by atomic mass is 32.2. The number of ether oxygens (including phenoxy) is 1. The first kappa shape index (κ1) is 17.9. The highest BCUT2D eigenvalue weighted by Gasteiger charge is 2.30. The molecule has 2 heterocycles. The van der Waals surface area contributed by atoms with Gasteiger partial charge in [-0.3, -0.25) is 9.59 Å². The van der Waals surface area contributed by atoms with Gasteiger partial charge in [0.15, 0.2) is 0 Å². The van der Waals surface area contributed by atoms with Gasteiger partial charge in [-0.25, -0.2) is 9.97 Å². The Balaban J connectivity index is 1.43. The van der Waals surface area contributed by atoms with Crippen molar-refractivity contribution in [3.63, 3.8) is 0 Å². The highest BCUT2D eigenvalue weighted by molar-refractivity contribution is 8.00. The molecule has 3 aromatic rings. The van der Waals surface area contributed by atoms with Crippen molar-refractivity contribution in [1.29, 1.82) is 0 Å². The number of hydrogen-bond acceptors (Lipinski definition) is 7. The molecule has 1 aromatic carbocycles. The summed E-state index contributed by atoms with van der Waals surface area (Å²) in [5.74, 6) is -0.659. The van der Waals surface area contributed by atoms with Crippen molar-refractivity contribution in [2.24, 2.45) is 0 Å². The number of carbonyl (C=O) groups excluding carboxylic acids is 2. The molecule has 1 saturated carbocycles. The minimum absolute atomic E-state index is 0.0714. The fourth-order valence-corrected chi connectivity index (χ4v) is 4.14. The van der Waals surface area contributed by atoms with Crippen LogP contribution in [0.15, 0.2) is 53.1 Å². The van der Waals surface area contributed by atoms with Gasteiger partial charge in [0.25, 0.3) is 5.91 Å². The van der Waals surface area contributed by atoms with Crippen LogP contribution < -0.4 is 5.32 Å². The third kappa shape index (κ3) is 4.45. The number of amides is 1. The SMILES string of the molecule is O=C(CSc1ncnc2sccc12)O[C@@H](C(=O)NC1CC1)c1ccccc1. The molecule has 1 aliphatic rings. The minimum Gasteiger partial charge on any atom is -0.447 e. The van der Waals surface area contributed by atoms with E-state index in [1.807, 2.05) is 29.6 Å². The highest BCUT2D eigenvalue weighted by Crippen LogP contribution is 2.28. The van der Waals surface area contributed by atoms with Gasteiger partial charge in [0.1, 0.15) is 16.2 Å². The topological polar surface area (TPSA) is 81.2 Å². The lowest BCUT2D eigenvalue weighted by molar-refractivity contribution is -0.154. The molecule has 6 nitrogen and oxygen atoms in total. The van der Waals surface area contributed by atoms with E-state index in [2.05, 4.69) is 15.3 Å². The minimum atomic E-state index is -0.938. The molecule has 1 N–H and O–H groups in total. The third-order valence-electron chi connectivity index (χ3n) is 4.07. The van der Waals surface area contributed by atoms with Crippen molar-refractivity contribution in [2.75, 3.05) is 5.75 Å². The molecule has 1 atom stereocenters. The van der Waals surface area contributed by atoms with Gasteiger partial charge in [-0.2, -0.15) is 0 Å². The molecule has 2 aromatic heterocycles. The maximum atomic E-state index is 12.5. The van der Waals surface area contributed by atoms with Gasteiger partial charge in [0.05, 0.1) is 5.75 Å². The van der Waals surface area contributed by atoms with E-state index in [1.165, 1.54) is 29.4 Å². The average molecular weight is 399 g/mol. The summed E-state index contributed by atoms with van der Waals surface area (Å²) < 4.78 is 5.53. The average Bonchev–Trinajstić information content (AvgIpc) is 3.37. The molecule has 4 rings (SSSR count). The molecule has 0 aliphatic heterocycles. The lowest BCUT2D eigenvalue weighted by atomic mass is 10.1. The fraction of sp³-hybridized carbons (Fsp3) is 0.263. The van der Waals surface area contributed by atoms with Crippen LogP contribution in [0.1, 0.15) is 24.5 Å². The van der Waals surface area contributed by atoms with E-state index in [-0.39, 0.29) is 17.7 Å². The van der Waals surface area contributed by atoms with Crippen molar-refractivity contribution in [3.8, 4) is 0 Å². The second kappa shape index (κ2) is 8.06. The zero-order chi connectivity index (χ0) is 18.6. The number of rotatable bonds is 7. The van der Waals surface area contributed by atoms with Gasteiger partial charge in [-0.05, 0) is 24.3 Å². The Labute approximate surface area is 164 Å². The third-order valence-corrected chi connectivity index (χ3v) is 5.86. The van der Waals surface area contributed by atoms with Crippen molar-refractivity contribution in [1.82, 2.24) is 15.3 Å². The molecule has 138 valence electrons. The number of fused-ring (bicyclic) bond motifs is 1. The summed E-state index contributed by atoms with van der Waals surface area (Å²) in [6.45, 7) is 0. The predicted molar refractivity (Wildman–Crippen MR) is 105 cm³/mol. The van der Waals surface area contributed by atoms with Crippen LogP contribution >= 0.6 is 23.1 Å². The van der Waals surface area contributed by atoms with Crippen LogP contribution in [-0.2, 0) is 14.3 Å². The Morgan fingerprint density at radius 2 is 2.04 bits per heavy atom. The molecule has 8 heteroatoms. The number of hydrogen-bond donors (Lipinski definition) is 1. The summed E-state index contributed by atoms with van der Waals surface area (Å²) in [5.41, 5.74) is 0.663. The van der Waals surface area contributed by atoms with Gasteiger partial charge < -0.3 is 10.1 Å². The Hall–Kier alpha value is -2.45. The number of thiophene rings is 1. The second-order valence-electron chi connectivity index (χ2n) is 6.17. The number of thioether (sulfide) groups is 1. The van der Waals surface area contributed by atoms with Crippen molar-refractivity contribution < 1.29 is 14.3 Å². The van der Waals surface area contributed by atoms with Crippen LogP contribution in [0.5, 0.6) is 0 Å². The molecule has 1 aliphatic carbocycles. The number of nitrogens with one attached hydrogen (secondary N) is 1. The number of aromatic nitrogens is 2. The maximum absolute atomic E-state index is 12.5. The van der Waals surface area contributed by atoms with E-state index < -0.39 is 12.1 Å². The smallest absolute Gasteiger partial charge is 0.317 e. The van der Waals surface area contributed by atoms with Crippen LogP contribution in [0, 0.1) is 0 Å².